The van der Waals surface area contributed by atoms with Crippen LogP contribution in [0.1, 0.15) is 33.2 Å². The van der Waals surface area contributed by atoms with E-state index in [2.05, 4.69) is 31.0 Å². The summed E-state index contributed by atoms with van der Waals surface area (Å²) in [5, 5.41) is 18.9. The molecule has 0 fully saturated rings. The molecule has 0 aromatic carbocycles. The molecule has 0 atom stereocenters. The smallest absolute Gasteiger partial charge is 0.308 e. The molecule has 0 bridgehead atoms. The number of nitrogens with one attached hydrogen (secondary N) is 2. The van der Waals surface area contributed by atoms with Gasteiger partial charge in [-0.3, -0.25) is 9.59 Å². The maximum Gasteiger partial charge on any atom is 0.308 e. The molecule has 18 heteroatoms. The second kappa shape index (κ2) is 12.4. The molecule has 0 unspecified atom stereocenters. The number of hydrogen-bond donors (Lipinski definition) is 2. The molecule has 2 amide bonds. The van der Waals surface area contributed by atoms with E-state index in [-0.39, 0.29) is 63.1 Å². The van der Waals surface area contributed by atoms with E-state index in [4.69, 9.17) is 87.9 Å². The van der Waals surface area contributed by atoms with E-state index in [0.717, 1.165) is 0 Å². The molecular formula is C14H14Cl6N6O6. The Balaban J connectivity index is 1.49. The van der Waals surface area contributed by atoms with Crippen molar-refractivity contribution in [1.29, 1.82) is 0 Å². The Labute approximate surface area is 210 Å². The molecule has 0 aliphatic rings. The average molecular weight is 575 g/mol. The minimum absolute atomic E-state index is 0.167. The zero-order valence-corrected chi connectivity index (χ0v) is 20.3. The zero-order chi connectivity index (χ0) is 23.8. The van der Waals surface area contributed by atoms with Crippen LogP contribution in [0.3, 0.4) is 0 Å². The molecule has 0 aliphatic carbocycles. The van der Waals surface area contributed by atoms with Crippen LogP contribution < -0.4 is 10.6 Å². The van der Waals surface area contributed by atoms with Gasteiger partial charge >= 0.3 is 23.6 Å². The molecule has 2 N–H and O–H groups in total. The summed E-state index contributed by atoms with van der Waals surface area (Å²) in [6, 6.07) is 0. The highest BCUT2D eigenvalue weighted by Gasteiger charge is 2.32. The molecule has 0 saturated heterocycles. The third-order valence-electron chi connectivity index (χ3n) is 3.16. The number of nitrogens with zero attached hydrogens (tertiary/aromatic N) is 4. The summed E-state index contributed by atoms with van der Waals surface area (Å²) in [5.41, 5.74) is 0. The Bertz CT molecular complexity index is 825. The van der Waals surface area contributed by atoms with Crippen LogP contribution >= 0.6 is 69.6 Å². The Kier molecular flexibility index (Phi) is 10.5. The summed E-state index contributed by atoms with van der Waals surface area (Å²) in [6.07, 6.45) is 0. The highest BCUT2D eigenvalue weighted by atomic mass is 35.6. The Morgan fingerprint density at radius 3 is 1.38 bits per heavy atom. The van der Waals surface area contributed by atoms with E-state index in [1.807, 2.05) is 0 Å². The monoisotopic (exact) mass is 572 g/mol. The van der Waals surface area contributed by atoms with Crippen LogP contribution in [0.25, 0.3) is 0 Å². The van der Waals surface area contributed by atoms with Crippen molar-refractivity contribution in [1.82, 2.24) is 31.0 Å². The van der Waals surface area contributed by atoms with Crippen LogP contribution in [0.5, 0.6) is 0 Å². The van der Waals surface area contributed by atoms with E-state index in [9.17, 15) is 9.59 Å². The second-order valence-corrected chi connectivity index (χ2v) is 10.1. The summed E-state index contributed by atoms with van der Waals surface area (Å²) >= 11 is 33.4. The molecule has 2 rings (SSSR count). The normalized spacial score (nSPS) is 12.1. The van der Waals surface area contributed by atoms with Crippen molar-refractivity contribution < 1.29 is 27.9 Å². The lowest BCUT2D eigenvalue weighted by atomic mass is 10.5. The number of carbonyl (C=O) groups is 2. The summed E-state index contributed by atoms with van der Waals surface area (Å²) < 4.78 is 16.6. The molecule has 0 radical (unpaired) electrons. The van der Waals surface area contributed by atoms with Gasteiger partial charge in [0.2, 0.25) is 0 Å². The van der Waals surface area contributed by atoms with Gasteiger partial charge in [0.25, 0.3) is 19.4 Å². The molecule has 2 heterocycles. The Hall–Kier alpha value is -1.12. The Morgan fingerprint density at radius 1 is 0.688 bits per heavy atom. The fraction of sp³-hybridized carbons (Fsp3) is 0.571. The quantitative estimate of drug-likeness (QED) is 0.302. The lowest BCUT2D eigenvalue weighted by molar-refractivity contribution is 0.0482. The highest BCUT2D eigenvalue weighted by Crippen LogP contribution is 2.37. The van der Waals surface area contributed by atoms with Crippen molar-refractivity contribution in [3.05, 3.63) is 23.6 Å². The van der Waals surface area contributed by atoms with Crippen LogP contribution in [0.15, 0.2) is 8.83 Å². The predicted molar refractivity (Wildman–Crippen MR) is 113 cm³/mol. The Morgan fingerprint density at radius 2 is 1.06 bits per heavy atom. The predicted octanol–water partition coefficient (Wildman–Crippen LogP) is 2.30. The highest BCUT2D eigenvalue weighted by molar-refractivity contribution is 6.66. The van der Waals surface area contributed by atoms with Gasteiger partial charge in [0.1, 0.15) is 0 Å². The minimum Gasteiger partial charge on any atom is -0.412 e. The number of ether oxygens (including phenoxy) is 2. The van der Waals surface area contributed by atoms with Crippen LogP contribution in [0, 0.1) is 0 Å². The maximum atomic E-state index is 11.8. The number of halogens is 6. The summed E-state index contributed by atoms with van der Waals surface area (Å²) in [7, 11) is 0. The van der Waals surface area contributed by atoms with Crippen LogP contribution in [0.4, 0.5) is 0 Å². The number of amides is 2. The van der Waals surface area contributed by atoms with Crippen molar-refractivity contribution in [2.24, 2.45) is 0 Å². The van der Waals surface area contributed by atoms with Gasteiger partial charge in [-0.1, -0.05) is 69.6 Å². The molecular weight excluding hydrogens is 561 g/mol. The summed E-state index contributed by atoms with van der Waals surface area (Å²) in [6.45, 7) is 1.22. The number of alkyl halides is 6. The third-order valence-corrected chi connectivity index (χ3v) is 4.13. The van der Waals surface area contributed by atoms with Gasteiger partial charge in [-0.05, 0) is 0 Å². The lowest BCUT2D eigenvalue weighted by Gasteiger charge is -2.07. The van der Waals surface area contributed by atoms with Crippen LogP contribution in [-0.2, 0) is 17.1 Å². The summed E-state index contributed by atoms with van der Waals surface area (Å²) in [5.74, 6) is -2.61. The first kappa shape index (κ1) is 27.1. The van der Waals surface area contributed by atoms with Crippen LogP contribution in [0.2, 0.25) is 0 Å². The van der Waals surface area contributed by atoms with E-state index in [0.29, 0.717) is 0 Å². The number of hydrogen-bond acceptors (Lipinski definition) is 10. The fourth-order valence-electron chi connectivity index (χ4n) is 1.81. The number of carbonyl (C=O) groups excluding carboxylic acids is 2. The summed E-state index contributed by atoms with van der Waals surface area (Å²) in [4.78, 5) is 23.6. The zero-order valence-electron chi connectivity index (χ0n) is 15.7. The first-order valence-electron chi connectivity index (χ1n) is 8.51. The van der Waals surface area contributed by atoms with Crippen molar-refractivity contribution >= 4 is 81.4 Å². The molecule has 0 saturated carbocycles. The average Bonchev–Trinajstić information content (AvgIpc) is 3.38. The van der Waals surface area contributed by atoms with Crippen molar-refractivity contribution in [2.75, 3.05) is 39.5 Å². The van der Waals surface area contributed by atoms with Gasteiger partial charge in [-0.25, -0.2) is 0 Å². The van der Waals surface area contributed by atoms with Crippen LogP contribution in [-0.4, -0.2) is 71.7 Å². The fourth-order valence-corrected chi connectivity index (χ4v) is 2.26. The van der Waals surface area contributed by atoms with Gasteiger partial charge in [-0.15, -0.1) is 20.4 Å². The van der Waals surface area contributed by atoms with Gasteiger partial charge in [0.15, 0.2) is 0 Å². The van der Waals surface area contributed by atoms with Crippen molar-refractivity contribution in [2.45, 2.75) is 7.59 Å². The SMILES string of the molecule is O=C(NCCOCCOCCNC(=O)c1nnc(C(Cl)(Cl)Cl)o1)c1nnc(C(Cl)(Cl)Cl)o1. The van der Waals surface area contributed by atoms with E-state index < -0.39 is 19.4 Å². The topological polar surface area (TPSA) is 154 Å². The van der Waals surface area contributed by atoms with Crippen molar-refractivity contribution in [3.63, 3.8) is 0 Å². The second-order valence-electron chi connectivity index (χ2n) is 5.56. The lowest BCUT2D eigenvalue weighted by Crippen LogP contribution is -2.29. The standard InChI is InChI=1S/C14H14Cl6N6O6/c15-13(16,17)11-25-23-9(31-11)7(27)21-1-3-29-5-6-30-4-2-22-8(28)10-24-26-12(32-10)14(18,19)20/h1-6H2,(H,21,27)(H,22,28). The van der Waals surface area contributed by atoms with Gasteiger partial charge in [0, 0.05) is 13.1 Å². The molecule has 0 aliphatic heterocycles. The molecule has 2 aromatic heterocycles. The third kappa shape index (κ3) is 9.02. The minimum atomic E-state index is -1.92. The first-order chi connectivity index (χ1) is 15.0. The van der Waals surface area contributed by atoms with Gasteiger partial charge < -0.3 is 28.9 Å². The largest absolute Gasteiger partial charge is 0.412 e. The number of aromatic nitrogens is 4. The number of rotatable bonds is 11. The molecule has 32 heavy (non-hydrogen) atoms. The molecule has 12 nitrogen and oxygen atoms in total. The first-order valence-corrected chi connectivity index (χ1v) is 10.8. The van der Waals surface area contributed by atoms with Gasteiger partial charge in [-0.2, -0.15) is 0 Å². The molecule has 2 aromatic rings. The van der Waals surface area contributed by atoms with E-state index in [1.165, 1.54) is 0 Å². The van der Waals surface area contributed by atoms with E-state index >= 15 is 0 Å². The van der Waals surface area contributed by atoms with E-state index in [1.54, 1.807) is 0 Å². The maximum absolute atomic E-state index is 11.8. The van der Waals surface area contributed by atoms with Crippen molar-refractivity contribution in [3.8, 4) is 0 Å². The molecule has 178 valence electrons. The molecule has 0 spiro atoms. The van der Waals surface area contributed by atoms with Gasteiger partial charge in [0.05, 0.1) is 26.4 Å².